The summed E-state index contributed by atoms with van der Waals surface area (Å²) in [6, 6.07) is 7.82. The SMILES string of the molecule is CCCCC(=CC=O)c1cccc(OC)c1. The molecule has 0 amide bonds. The van der Waals surface area contributed by atoms with Gasteiger partial charge in [-0.3, -0.25) is 4.79 Å². The van der Waals surface area contributed by atoms with Gasteiger partial charge in [-0.2, -0.15) is 0 Å². The number of unbranched alkanes of at least 4 members (excludes halogenated alkanes) is 1. The quantitative estimate of drug-likeness (QED) is 0.540. The van der Waals surface area contributed by atoms with Crippen molar-refractivity contribution >= 4 is 11.9 Å². The molecule has 2 heteroatoms. The predicted octanol–water partition coefficient (Wildman–Crippen LogP) is 3.47. The van der Waals surface area contributed by atoms with Crippen LogP contribution in [-0.4, -0.2) is 13.4 Å². The van der Waals surface area contributed by atoms with Gasteiger partial charge in [0.25, 0.3) is 0 Å². The highest BCUT2D eigenvalue weighted by Crippen LogP contribution is 2.23. The molecular weight excluding hydrogens is 200 g/mol. The van der Waals surface area contributed by atoms with Gasteiger partial charge in [0.05, 0.1) is 7.11 Å². The van der Waals surface area contributed by atoms with Crippen LogP contribution in [0.15, 0.2) is 30.3 Å². The Balaban J connectivity index is 2.91. The molecule has 0 saturated heterocycles. The Bertz CT molecular complexity index is 367. The number of methoxy groups -OCH3 is 1. The van der Waals surface area contributed by atoms with Crippen molar-refractivity contribution in [2.45, 2.75) is 26.2 Å². The standard InChI is InChI=1S/C14H18O2/c1-3-4-6-12(9-10-15)13-7-5-8-14(11-13)16-2/h5,7-11H,3-4,6H2,1-2H3. The average Bonchev–Trinajstić information content (AvgIpc) is 2.34. The van der Waals surface area contributed by atoms with Gasteiger partial charge in [-0.05, 0) is 42.2 Å². The molecule has 0 aliphatic carbocycles. The Kier molecular flexibility index (Phi) is 5.34. The second-order valence-corrected chi connectivity index (χ2v) is 3.66. The second kappa shape index (κ2) is 6.83. The summed E-state index contributed by atoms with van der Waals surface area (Å²) < 4.78 is 5.17. The number of hydrogen-bond donors (Lipinski definition) is 0. The molecule has 1 rings (SSSR count). The van der Waals surface area contributed by atoms with Crippen LogP contribution in [0.2, 0.25) is 0 Å². The van der Waals surface area contributed by atoms with Crippen molar-refractivity contribution in [3.63, 3.8) is 0 Å². The predicted molar refractivity (Wildman–Crippen MR) is 66.6 cm³/mol. The minimum Gasteiger partial charge on any atom is -0.497 e. The fourth-order valence-electron chi connectivity index (χ4n) is 1.60. The first kappa shape index (κ1) is 12.5. The summed E-state index contributed by atoms with van der Waals surface area (Å²) in [5.41, 5.74) is 2.15. The fourth-order valence-corrected chi connectivity index (χ4v) is 1.60. The molecule has 1 aromatic carbocycles. The molecule has 0 atom stereocenters. The monoisotopic (exact) mass is 218 g/mol. The number of rotatable bonds is 6. The molecule has 2 nitrogen and oxygen atoms in total. The highest BCUT2D eigenvalue weighted by atomic mass is 16.5. The Morgan fingerprint density at radius 3 is 2.88 bits per heavy atom. The Hall–Kier alpha value is -1.57. The molecule has 0 aromatic heterocycles. The van der Waals surface area contributed by atoms with Gasteiger partial charge >= 0.3 is 0 Å². The number of ether oxygens (including phenoxy) is 1. The van der Waals surface area contributed by atoms with Gasteiger partial charge in [-0.1, -0.05) is 25.5 Å². The number of allylic oxidation sites excluding steroid dienone is 2. The van der Waals surface area contributed by atoms with Gasteiger partial charge in [-0.25, -0.2) is 0 Å². The van der Waals surface area contributed by atoms with Crippen LogP contribution in [0.25, 0.3) is 5.57 Å². The van der Waals surface area contributed by atoms with Crippen molar-refractivity contribution in [1.29, 1.82) is 0 Å². The zero-order valence-corrected chi connectivity index (χ0v) is 9.90. The van der Waals surface area contributed by atoms with Gasteiger partial charge in [0, 0.05) is 0 Å². The lowest BCUT2D eigenvalue weighted by Gasteiger charge is -2.08. The van der Waals surface area contributed by atoms with Gasteiger partial charge in [0.15, 0.2) is 0 Å². The zero-order chi connectivity index (χ0) is 11.8. The normalized spacial score (nSPS) is 11.2. The smallest absolute Gasteiger partial charge is 0.143 e. The zero-order valence-electron chi connectivity index (χ0n) is 9.90. The van der Waals surface area contributed by atoms with Crippen LogP contribution in [0, 0.1) is 0 Å². The molecule has 0 aliphatic rings. The maximum Gasteiger partial charge on any atom is 0.143 e. The molecule has 0 bridgehead atoms. The van der Waals surface area contributed by atoms with Gasteiger partial charge in [0.2, 0.25) is 0 Å². The lowest BCUT2D eigenvalue weighted by Crippen LogP contribution is -1.89. The molecule has 0 unspecified atom stereocenters. The van der Waals surface area contributed by atoms with E-state index in [4.69, 9.17) is 4.74 Å². The van der Waals surface area contributed by atoms with Crippen molar-refractivity contribution in [3.8, 4) is 5.75 Å². The van der Waals surface area contributed by atoms with E-state index in [0.29, 0.717) is 0 Å². The summed E-state index contributed by atoms with van der Waals surface area (Å²) in [5.74, 6) is 0.825. The van der Waals surface area contributed by atoms with E-state index in [2.05, 4.69) is 6.92 Å². The minimum atomic E-state index is 0.825. The summed E-state index contributed by atoms with van der Waals surface area (Å²) in [4.78, 5) is 10.6. The fraction of sp³-hybridized carbons (Fsp3) is 0.357. The molecular formula is C14H18O2. The van der Waals surface area contributed by atoms with Crippen LogP contribution in [0.3, 0.4) is 0 Å². The molecule has 1 aromatic rings. The van der Waals surface area contributed by atoms with E-state index in [0.717, 1.165) is 42.4 Å². The van der Waals surface area contributed by atoms with Crippen molar-refractivity contribution < 1.29 is 9.53 Å². The molecule has 0 aliphatic heterocycles. The van der Waals surface area contributed by atoms with E-state index in [-0.39, 0.29) is 0 Å². The van der Waals surface area contributed by atoms with Crippen molar-refractivity contribution in [2.75, 3.05) is 7.11 Å². The highest BCUT2D eigenvalue weighted by molar-refractivity contribution is 5.81. The summed E-state index contributed by atoms with van der Waals surface area (Å²) >= 11 is 0. The van der Waals surface area contributed by atoms with Crippen LogP contribution >= 0.6 is 0 Å². The maximum absolute atomic E-state index is 10.6. The lowest BCUT2D eigenvalue weighted by molar-refractivity contribution is -0.104. The van der Waals surface area contributed by atoms with Crippen LogP contribution in [0.1, 0.15) is 31.7 Å². The molecule has 0 saturated carbocycles. The van der Waals surface area contributed by atoms with Gasteiger partial charge in [-0.15, -0.1) is 0 Å². The third-order valence-corrected chi connectivity index (χ3v) is 2.51. The first-order chi connectivity index (χ1) is 7.81. The molecule has 0 radical (unpaired) electrons. The first-order valence-corrected chi connectivity index (χ1v) is 5.60. The maximum atomic E-state index is 10.6. The largest absolute Gasteiger partial charge is 0.497 e. The van der Waals surface area contributed by atoms with Crippen LogP contribution in [0.4, 0.5) is 0 Å². The van der Waals surface area contributed by atoms with Crippen molar-refractivity contribution in [1.82, 2.24) is 0 Å². The van der Waals surface area contributed by atoms with E-state index in [1.807, 2.05) is 24.3 Å². The lowest BCUT2D eigenvalue weighted by atomic mass is 10.00. The van der Waals surface area contributed by atoms with E-state index < -0.39 is 0 Å². The van der Waals surface area contributed by atoms with Crippen molar-refractivity contribution in [3.05, 3.63) is 35.9 Å². The van der Waals surface area contributed by atoms with E-state index in [9.17, 15) is 4.79 Å². The van der Waals surface area contributed by atoms with Crippen LogP contribution in [0.5, 0.6) is 5.75 Å². The Morgan fingerprint density at radius 2 is 2.25 bits per heavy atom. The van der Waals surface area contributed by atoms with E-state index in [1.165, 1.54) is 0 Å². The number of benzene rings is 1. The van der Waals surface area contributed by atoms with Crippen LogP contribution < -0.4 is 4.74 Å². The topological polar surface area (TPSA) is 26.3 Å². The molecule has 0 spiro atoms. The summed E-state index contributed by atoms with van der Waals surface area (Å²) in [6.07, 6.45) is 5.65. The van der Waals surface area contributed by atoms with E-state index >= 15 is 0 Å². The minimum absolute atomic E-state index is 0.825. The summed E-state index contributed by atoms with van der Waals surface area (Å²) in [6.45, 7) is 2.14. The third kappa shape index (κ3) is 3.54. The average molecular weight is 218 g/mol. The van der Waals surface area contributed by atoms with Crippen LogP contribution in [-0.2, 0) is 4.79 Å². The van der Waals surface area contributed by atoms with Gasteiger partial charge < -0.3 is 4.74 Å². The summed E-state index contributed by atoms with van der Waals surface area (Å²) in [7, 11) is 1.65. The molecule has 0 heterocycles. The van der Waals surface area contributed by atoms with Crippen molar-refractivity contribution in [2.24, 2.45) is 0 Å². The van der Waals surface area contributed by atoms with Gasteiger partial charge in [0.1, 0.15) is 12.0 Å². The first-order valence-electron chi connectivity index (χ1n) is 5.60. The summed E-state index contributed by atoms with van der Waals surface area (Å²) in [5, 5.41) is 0. The molecule has 86 valence electrons. The Labute approximate surface area is 96.9 Å². The van der Waals surface area contributed by atoms with E-state index in [1.54, 1.807) is 13.2 Å². The molecule has 0 N–H and O–H groups in total. The number of carbonyl (C=O) groups excluding carboxylic acids is 1. The number of carbonyl (C=O) groups is 1. The molecule has 16 heavy (non-hydrogen) atoms. The highest BCUT2D eigenvalue weighted by Gasteiger charge is 2.02. The number of hydrogen-bond acceptors (Lipinski definition) is 2. The molecule has 0 fully saturated rings. The third-order valence-electron chi connectivity index (χ3n) is 2.51. The number of aldehydes is 1. The second-order valence-electron chi connectivity index (χ2n) is 3.66. The Morgan fingerprint density at radius 1 is 1.44 bits per heavy atom.